The summed E-state index contributed by atoms with van der Waals surface area (Å²) in [5.41, 5.74) is 6.34. The fourth-order valence-corrected chi connectivity index (χ4v) is 4.71. The minimum Gasteiger partial charge on any atom is -0.304 e. The van der Waals surface area contributed by atoms with Crippen molar-refractivity contribution in [3.05, 3.63) is 139 Å². The predicted octanol–water partition coefficient (Wildman–Crippen LogP) is 8.57. The third kappa shape index (κ3) is 5.78. The van der Waals surface area contributed by atoms with Crippen LogP contribution in [-0.2, 0) is 20.1 Å². The van der Waals surface area contributed by atoms with E-state index in [0.717, 1.165) is 33.3 Å². The summed E-state index contributed by atoms with van der Waals surface area (Å²) in [6.45, 7) is 4.17. The summed E-state index contributed by atoms with van der Waals surface area (Å²) in [6, 6.07) is 41.4. The Morgan fingerprint density at radius 1 is 0.615 bits per heavy atom. The molecule has 0 saturated carbocycles. The molecule has 39 heavy (non-hydrogen) atoms. The first-order valence-electron chi connectivity index (χ1n) is 12.6. The summed E-state index contributed by atoms with van der Waals surface area (Å²) in [6.07, 6.45) is 3.83. The Morgan fingerprint density at radius 3 is 2.18 bits per heavy atom. The van der Waals surface area contributed by atoms with Crippen molar-refractivity contribution in [2.75, 3.05) is 0 Å². The number of benzene rings is 5. The molecule has 0 spiro atoms. The fourth-order valence-electron chi connectivity index (χ4n) is 4.71. The van der Waals surface area contributed by atoms with E-state index in [0.29, 0.717) is 5.82 Å². The first-order valence-corrected chi connectivity index (χ1v) is 12.6. The van der Waals surface area contributed by atoms with Gasteiger partial charge >= 0.3 is 0 Å². The molecule has 2 aromatic heterocycles. The van der Waals surface area contributed by atoms with Gasteiger partial charge in [0.05, 0.1) is 11.3 Å². The van der Waals surface area contributed by atoms with Gasteiger partial charge in [0.25, 0.3) is 0 Å². The first kappa shape index (κ1) is 26.4. The van der Waals surface area contributed by atoms with E-state index in [9.17, 15) is 0 Å². The molecule has 191 valence electrons. The average Bonchev–Trinajstić information content (AvgIpc) is 2.97. The van der Waals surface area contributed by atoms with Gasteiger partial charge in [-0.05, 0) is 33.3 Å². The molecule has 0 amide bonds. The summed E-state index contributed by atoms with van der Waals surface area (Å²) in [4.78, 5) is 13.7. The van der Waals surface area contributed by atoms with Crippen molar-refractivity contribution in [2.45, 2.75) is 13.8 Å². The van der Waals surface area contributed by atoms with Crippen LogP contribution in [0.25, 0.3) is 55.1 Å². The zero-order chi connectivity index (χ0) is 25.9. The maximum atomic E-state index is 4.65. The molecule has 5 aromatic carbocycles. The Labute approximate surface area is 242 Å². The van der Waals surface area contributed by atoms with E-state index in [1.807, 2.05) is 60.9 Å². The largest absolute Gasteiger partial charge is 0.304 e. The number of aromatic nitrogens is 3. The van der Waals surface area contributed by atoms with Crippen LogP contribution in [0.5, 0.6) is 0 Å². The molecule has 7 rings (SSSR count). The van der Waals surface area contributed by atoms with Gasteiger partial charge in [0, 0.05) is 37.9 Å². The summed E-state index contributed by atoms with van der Waals surface area (Å²) >= 11 is 0. The van der Waals surface area contributed by atoms with Gasteiger partial charge in [0.15, 0.2) is 0 Å². The van der Waals surface area contributed by atoms with Crippen molar-refractivity contribution in [3.63, 3.8) is 0 Å². The zero-order valence-electron chi connectivity index (χ0n) is 21.6. The molecule has 0 aliphatic heterocycles. The second-order valence-corrected chi connectivity index (χ2v) is 9.36. The SMILES string of the molecule is Cc1[c-]c(-c2cc3ccccc3cn2)cc(C)c1.[Ir].[c-]1ccccc1-c1ncc2c(ccc3ccccc32)n1. The Balaban J connectivity index is 0.000000155. The molecule has 0 aliphatic carbocycles. The predicted molar refractivity (Wildman–Crippen MR) is 157 cm³/mol. The van der Waals surface area contributed by atoms with E-state index in [-0.39, 0.29) is 20.1 Å². The Bertz CT molecular complexity index is 1880. The molecular formula is C35H25IrN3-2. The van der Waals surface area contributed by atoms with Crippen molar-refractivity contribution >= 4 is 32.4 Å². The van der Waals surface area contributed by atoms with Crippen molar-refractivity contribution < 1.29 is 20.1 Å². The van der Waals surface area contributed by atoms with E-state index in [4.69, 9.17) is 0 Å². The van der Waals surface area contributed by atoms with Crippen LogP contribution in [0, 0.1) is 26.0 Å². The van der Waals surface area contributed by atoms with Crippen LogP contribution < -0.4 is 0 Å². The van der Waals surface area contributed by atoms with Crippen LogP contribution in [0.1, 0.15) is 11.1 Å². The Hall–Kier alpha value is -4.24. The van der Waals surface area contributed by atoms with E-state index < -0.39 is 0 Å². The minimum atomic E-state index is 0. The quantitative estimate of drug-likeness (QED) is 0.136. The van der Waals surface area contributed by atoms with E-state index in [1.165, 1.54) is 27.1 Å². The monoisotopic (exact) mass is 680 g/mol. The number of hydrogen-bond acceptors (Lipinski definition) is 3. The van der Waals surface area contributed by atoms with Gasteiger partial charge in [-0.3, -0.25) is 9.97 Å². The van der Waals surface area contributed by atoms with Crippen LogP contribution in [0.15, 0.2) is 116 Å². The van der Waals surface area contributed by atoms with Gasteiger partial charge in [0.1, 0.15) is 0 Å². The molecule has 0 saturated heterocycles. The second-order valence-electron chi connectivity index (χ2n) is 9.36. The number of rotatable bonds is 2. The number of fused-ring (bicyclic) bond motifs is 4. The molecule has 0 fully saturated rings. The molecular weight excluding hydrogens is 655 g/mol. The summed E-state index contributed by atoms with van der Waals surface area (Å²) in [5.74, 6) is 0.716. The molecule has 1 radical (unpaired) electrons. The second kappa shape index (κ2) is 11.7. The third-order valence-electron chi connectivity index (χ3n) is 6.49. The third-order valence-corrected chi connectivity index (χ3v) is 6.49. The van der Waals surface area contributed by atoms with Gasteiger partial charge in [-0.25, -0.2) is 0 Å². The summed E-state index contributed by atoms with van der Waals surface area (Å²) in [7, 11) is 0. The standard InChI is InChI=1S/C18H11N2.C17H14N.Ir/c1-2-7-14(8-3-1)18-19-12-16-15-9-5-4-6-13(15)10-11-17(16)20-18;1-12-7-13(2)9-16(8-12)17-10-14-5-3-4-6-15(14)11-18-17;/h1-7,9-12H;3-8,10-11H,1-2H3;/q2*-1;. The Morgan fingerprint density at radius 2 is 1.38 bits per heavy atom. The molecule has 0 unspecified atom stereocenters. The van der Waals surface area contributed by atoms with Crippen molar-refractivity contribution in [3.8, 4) is 22.6 Å². The molecule has 0 N–H and O–H groups in total. The molecule has 0 atom stereocenters. The molecule has 4 heteroatoms. The van der Waals surface area contributed by atoms with Crippen molar-refractivity contribution in [1.82, 2.24) is 15.0 Å². The van der Waals surface area contributed by atoms with E-state index in [1.54, 1.807) is 0 Å². The van der Waals surface area contributed by atoms with E-state index in [2.05, 4.69) is 95.5 Å². The smallest absolute Gasteiger partial charge is 0.0755 e. The van der Waals surface area contributed by atoms with Gasteiger partial charge in [0.2, 0.25) is 0 Å². The number of aryl methyl sites for hydroxylation is 2. The van der Waals surface area contributed by atoms with Gasteiger partial charge in [-0.15, -0.1) is 70.8 Å². The van der Waals surface area contributed by atoms with Crippen molar-refractivity contribution in [1.29, 1.82) is 0 Å². The molecule has 0 aliphatic rings. The van der Waals surface area contributed by atoms with Crippen LogP contribution in [0.2, 0.25) is 0 Å². The fraction of sp³-hybridized carbons (Fsp3) is 0.0571. The van der Waals surface area contributed by atoms with Crippen LogP contribution in [0.3, 0.4) is 0 Å². The average molecular weight is 680 g/mol. The molecule has 3 nitrogen and oxygen atoms in total. The minimum absolute atomic E-state index is 0. The molecule has 7 aromatic rings. The zero-order valence-corrected chi connectivity index (χ0v) is 24.0. The van der Waals surface area contributed by atoms with Gasteiger partial charge < -0.3 is 4.98 Å². The van der Waals surface area contributed by atoms with Gasteiger partial charge in [-0.2, -0.15) is 0 Å². The van der Waals surface area contributed by atoms with Gasteiger partial charge in [-0.1, -0.05) is 74.5 Å². The number of hydrogen-bond donors (Lipinski definition) is 0. The normalized spacial score (nSPS) is 10.6. The summed E-state index contributed by atoms with van der Waals surface area (Å²) < 4.78 is 0. The maximum absolute atomic E-state index is 4.65. The van der Waals surface area contributed by atoms with Crippen LogP contribution in [-0.4, -0.2) is 15.0 Å². The van der Waals surface area contributed by atoms with Crippen LogP contribution in [0.4, 0.5) is 0 Å². The van der Waals surface area contributed by atoms with Crippen LogP contribution >= 0.6 is 0 Å². The number of nitrogens with zero attached hydrogens (tertiary/aromatic N) is 3. The van der Waals surface area contributed by atoms with E-state index >= 15 is 0 Å². The van der Waals surface area contributed by atoms with Crippen molar-refractivity contribution in [2.24, 2.45) is 0 Å². The molecule has 0 bridgehead atoms. The topological polar surface area (TPSA) is 38.7 Å². The number of pyridine rings is 1. The maximum Gasteiger partial charge on any atom is 0.0755 e. The molecule has 2 heterocycles. The summed E-state index contributed by atoms with van der Waals surface area (Å²) in [5, 5.41) is 5.87. The Kier molecular flexibility index (Phi) is 7.88. The first-order chi connectivity index (χ1) is 18.6.